The zero-order chi connectivity index (χ0) is 12.7. The number of pyridine rings is 1. The lowest BCUT2D eigenvalue weighted by Crippen LogP contribution is -2.13. The Bertz CT molecular complexity index is 785. The summed E-state index contributed by atoms with van der Waals surface area (Å²) < 4.78 is 1.28. The second kappa shape index (κ2) is 3.80. The van der Waals surface area contributed by atoms with E-state index in [0.717, 1.165) is 22.2 Å². The Balaban J connectivity index is 2.19. The molecule has 3 rings (SSSR count). The van der Waals surface area contributed by atoms with Gasteiger partial charge in [0.05, 0.1) is 5.52 Å². The van der Waals surface area contributed by atoms with Crippen LogP contribution in [-0.4, -0.2) is 19.7 Å². The molecule has 0 spiro atoms. The topological polar surface area (TPSA) is 63.6 Å². The Morgan fingerprint density at radius 1 is 1.22 bits per heavy atom. The number of hydrogen-bond acceptors (Lipinski definition) is 3. The normalized spacial score (nSPS) is 11.0. The molecule has 0 unspecified atom stereocenters. The Labute approximate surface area is 103 Å². The second-order valence-corrected chi connectivity index (χ2v) is 4.26. The smallest absolute Gasteiger partial charge is 0.289 e. The first-order chi connectivity index (χ1) is 8.63. The molecule has 0 saturated carbocycles. The SMILES string of the molecule is Cc1ccc2cc(-c3nn(C)c(=O)[nH]3)ccc2n1. The molecule has 0 aliphatic carbocycles. The van der Waals surface area contributed by atoms with Crippen molar-refractivity contribution < 1.29 is 0 Å². The number of aromatic amines is 1. The molecule has 5 heteroatoms. The minimum Gasteiger partial charge on any atom is -0.289 e. The summed E-state index contributed by atoms with van der Waals surface area (Å²) in [6.45, 7) is 1.96. The average Bonchev–Trinajstić information content (AvgIpc) is 2.69. The fourth-order valence-corrected chi connectivity index (χ4v) is 1.91. The van der Waals surface area contributed by atoms with E-state index >= 15 is 0 Å². The van der Waals surface area contributed by atoms with Gasteiger partial charge in [-0.2, -0.15) is 5.10 Å². The highest BCUT2D eigenvalue weighted by atomic mass is 16.1. The van der Waals surface area contributed by atoms with E-state index in [1.54, 1.807) is 7.05 Å². The van der Waals surface area contributed by atoms with Crippen LogP contribution >= 0.6 is 0 Å². The van der Waals surface area contributed by atoms with Crippen LogP contribution in [-0.2, 0) is 7.05 Å². The van der Waals surface area contributed by atoms with Crippen LogP contribution in [0, 0.1) is 6.92 Å². The summed E-state index contributed by atoms with van der Waals surface area (Å²) in [5, 5.41) is 5.17. The minimum absolute atomic E-state index is 0.216. The Kier molecular flexibility index (Phi) is 2.26. The third-order valence-corrected chi connectivity index (χ3v) is 2.87. The molecule has 1 aromatic carbocycles. The summed E-state index contributed by atoms with van der Waals surface area (Å²) in [5.41, 5.74) is 2.59. The number of aryl methyl sites for hydroxylation is 2. The van der Waals surface area contributed by atoms with E-state index < -0.39 is 0 Å². The molecule has 0 aliphatic rings. The van der Waals surface area contributed by atoms with Crippen LogP contribution < -0.4 is 5.69 Å². The quantitative estimate of drug-likeness (QED) is 0.703. The third-order valence-electron chi connectivity index (χ3n) is 2.87. The van der Waals surface area contributed by atoms with Crippen molar-refractivity contribution >= 4 is 10.9 Å². The number of aromatic nitrogens is 4. The lowest BCUT2D eigenvalue weighted by atomic mass is 10.1. The summed E-state index contributed by atoms with van der Waals surface area (Å²) in [5.74, 6) is 0.574. The van der Waals surface area contributed by atoms with E-state index in [-0.39, 0.29) is 5.69 Å². The monoisotopic (exact) mass is 240 g/mol. The first-order valence-corrected chi connectivity index (χ1v) is 5.64. The Morgan fingerprint density at radius 3 is 2.78 bits per heavy atom. The highest BCUT2D eigenvalue weighted by Gasteiger charge is 2.06. The average molecular weight is 240 g/mol. The molecular weight excluding hydrogens is 228 g/mol. The number of nitrogens with zero attached hydrogens (tertiary/aromatic N) is 3. The summed E-state index contributed by atoms with van der Waals surface area (Å²) >= 11 is 0. The lowest BCUT2D eigenvalue weighted by molar-refractivity contribution is 0.736. The maximum Gasteiger partial charge on any atom is 0.343 e. The van der Waals surface area contributed by atoms with Crippen molar-refractivity contribution in [1.82, 2.24) is 19.7 Å². The second-order valence-electron chi connectivity index (χ2n) is 4.26. The van der Waals surface area contributed by atoms with Gasteiger partial charge in [-0.3, -0.25) is 9.97 Å². The molecule has 1 N–H and O–H groups in total. The summed E-state index contributed by atoms with van der Waals surface area (Å²) in [7, 11) is 1.62. The van der Waals surface area contributed by atoms with Crippen molar-refractivity contribution in [2.24, 2.45) is 7.05 Å². The molecule has 18 heavy (non-hydrogen) atoms. The maximum atomic E-state index is 11.4. The van der Waals surface area contributed by atoms with Crippen molar-refractivity contribution in [3.05, 3.63) is 46.5 Å². The molecule has 0 fully saturated rings. The first kappa shape index (κ1) is 10.7. The fourth-order valence-electron chi connectivity index (χ4n) is 1.91. The molecule has 0 radical (unpaired) electrons. The van der Waals surface area contributed by atoms with Gasteiger partial charge in [0.25, 0.3) is 0 Å². The van der Waals surface area contributed by atoms with Crippen molar-refractivity contribution in [2.45, 2.75) is 6.92 Å². The van der Waals surface area contributed by atoms with E-state index in [1.807, 2.05) is 37.3 Å². The zero-order valence-electron chi connectivity index (χ0n) is 10.1. The van der Waals surface area contributed by atoms with Gasteiger partial charge in [0, 0.05) is 23.7 Å². The predicted octanol–water partition coefficient (Wildman–Crippen LogP) is 1.63. The number of H-pyrrole nitrogens is 1. The van der Waals surface area contributed by atoms with Crippen LogP contribution in [0.25, 0.3) is 22.3 Å². The van der Waals surface area contributed by atoms with E-state index in [2.05, 4.69) is 15.1 Å². The van der Waals surface area contributed by atoms with Gasteiger partial charge < -0.3 is 0 Å². The van der Waals surface area contributed by atoms with Crippen LogP contribution in [0.5, 0.6) is 0 Å². The summed E-state index contributed by atoms with van der Waals surface area (Å²) in [6, 6.07) is 9.80. The van der Waals surface area contributed by atoms with Crippen LogP contribution in [0.3, 0.4) is 0 Å². The molecular formula is C13H12N4O. The molecule has 0 aliphatic heterocycles. The first-order valence-electron chi connectivity index (χ1n) is 5.64. The molecule has 90 valence electrons. The summed E-state index contributed by atoms with van der Waals surface area (Å²) in [6.07, 6.45) is 0. The van der Waals surface area contributed by atoms with E-state index in [1.165, 1.54) is 4.68 Å². The molecule has 2 heterocycles. The predicted molar refractivity (Wildman–Crippen MR) is 69.3 cm³/mol. The van der Waals surface area contributed by atoms with Gasteiger partial charge in [0.2, 0.25) is 0 Å². The summed E-state index contributed by atoms with van der Waals surface area (Å²) in [4.78, 5) is 18.5. The number of rotatable bonds is 1. The van der Waals surface area contributed by atoms with E-state index in [4.69, 9.17) is 0 Å². The molecule has 0 atom stereocenters. The molecule has 2 aromatic heterocycles. The van der Waals surface area contributed by atoms with Gasteiger partial charge in [-0.1, -0.05) is 6.07 Å². The van der Waals surface area contributed by atoms with Gasteiger partial charge in [-0.15, -0.1) is 0 Å². The van der Waals surface area contributed by atoms with Gasteiger partial charge in [-0.25, -0.2) is 9.48 Å². The fraction of sp³-hybridized carbons (Fsp3) is 0.154. The number of nitrogens with one attached hydrogen (secondary N) is 1. The molecule has 0 bridgehead atoms. The zero-order valence-corrected chi connectivity index (χ0v) is 10.1. The third kappa shape index (κ3) is 1.69. The molecule has 0 amide bonds. The van der Waals surface area contributed by atoms with E-state index in [0.29, 0.717) is 5.82 Å². The maximum absolute atomic E-state index is 11.4. The molecule has 5 nitrogen and oxygen atoms in total. The van der Waals surface area contributed by atoms with Crippen molar-refractivity contribution in [3.8, 4) is 11.4 Å². The van der Waals surface area contributed by atoms with Gasteiger partial charge >= 0.3 is 5.69 Å². The van der Waals surface area contributed by atoms with Crippen LogP contribution in [0.1, 0.15) is 5.69 Å². The largest absolute Gasteiger partial charge is 0.343 e. The number of benzene rings is 1. The Hall–Kier alpha value is -2.43. The van der Waals surface area contributed by atoms with Gasteiger partial charge in [-0.05, 0) is 31.2 Å². The standard InChI is InChI=1S/C13H12N4O/c1-8-3-4-9-7-10(5-6-11(9)14-8)12-15-13(18)17(2)16-12/h3-7H,1-2H3,(H,15,16,18). The van der Waals surface area contributed by atoms with Crippen molar-refractivity contribution in [3.63, 3.8) is 0 Å². The Morgan fingerprint density at radius 2 is 2.06 bits per heavy atom. The van der Waals surface area contributed by atoms with Crippen molar-refractivity contribution in [2.75, 3.05) is 0 Å². The van der Waals surface area contributed by atoms with Gasteiger partial charge in [0.15, 0.2) is 5.82 Å². The molecule has 3 aromatic rings. The number of fused-ring (bicyclic) bond motifs is 1. The van der Waals surface area contributed by atoms with Crippen LogP contribution in [0.2, 0.25) is 0 Å². The van der Waals surface area contributed by atoms with Crippen molar-refractivity contribution in [1.29, 1.82) is 0 Å². The highest BCUT2D eigenvalue weighted by molar-refractivity contribution is 5.83. The van der Waals surface area contributed by atoms with Crippen LogP contribution in [0.15, 0.2) is 35.1 Å². The highest BCUT2D eigenvalue weighted by Crippen LogP contribution is 2.20. The minimum atomic E-state index is -0.216. The van der Waals surface area contributed by atoms with Crippen LogP contribution in [0.4, 0.5) is 0 Å². The lowest BCUT2D eigenvalue weighted by Gasteiger charge is -2.01. The molecule has 0 saturated heterocycles. The van der Waals surface area contributed by atoms with E-state index in [9.17, 15) is 4.79 Å². The number of hydrogen-bond donors (Lipinski definition) is 1. The van der Waals surface area contributed by atoms with Gasteiger partial charge in [0.1, 0.15) is 0 Å².